The average Bonchev–Trinajstić information content (AvgIpc) is 2.41. The monoisotopic (exact) mass is 254 g/mol. The van der Waals surface area contributed by atoms with Crippen LogP contribution in [-0.4, -0.2) is 12.1 Å². The molecule has 0 aliphatic heterocycles. The summed E-state index contributed by atoms with van der Waals surface area (Å²) in [5.41, 5.74) is 2.72. The predicted octanol–water partition coefficient (Wildman–Crippen LogP) is 5.14. The second-order valence-corrected chi connectivity index (χ2v) is 5.64. The van der Waals surface area contributed by atoms with Crippen molar-refractivity contribution < 1.29 is 0 Å². The van der Waals surface area contributed by atoms with Gasteiger partial charge in [-0.2, -0.15) is 0 Å². The third-order valence-corrected chi connectivity index (χ3v) is 4.00. The van der Waals surface area contributed by atoms with Crippen LogP contribution in [0.4, 0.5) is 11.4 Å². The van der Waals surface area contributed by atoms with Crippen LogP contribution in [0.25, 0.3) is 0 Å². The van der Waals surface area contributed by atoms with E-state index in [1.54, 1.807) is 0 Å². The Hall–Kier alpha value is -1.60. The van der Waals surface area contributed by atoms with Crippen molar-refractivity contribution >= 4 is 11.4 Å². The Morgan fingerprint density at radius 1 is 0.579 bits per heavy atom. The minimum atomic E-state index is 0.491. The predicted molar refractivity (Wildman–Crippen MR) is 84.6 cm³/mol. The molecule has 2 aromatic carbocycles. The zero-order chi connectivity index (χ0) is 13.9. The van der Waals surface area contributed by atoms with Gasteiger partial charge in [0, 0.05) is 0 Å². The van der Waals surface area contributed by atoms with Crippen molar-refractivity contribution in [3.63, 3.8) is 0 Å². The second-order valence-electron chi connectivity index (χ2n) is 5.64. The van der Waals surface area contributed by atoms with Gasteiger partial charge in [-0.15, -0.1) is 0 Å². The van der Waals surface area contributed by atoms with E-state index in [9.17, 15) is 0 Å². The number of nitrogens with zero attached hydrogens (tertiary/aromatic N) is 1. The van der Waals surface area contributed by atoms with Gasteiger partial charge in [0.05, 0.1) is 12.1 Å². The normalized spacial score (nSPS) is 12.1. The highest BCUT2D eigenvalue weighted by atomic mass is 15.4. The first-order valence-electron chi connectivity index (χ1n) is 7.09. The molecule has 2 aromatic rings. The van der Waals surface area contributed by atoms with E-state index in [0.29, 0.717) is 12.1 Å². The standard InChI is InChI=1S/C18H24N/c1-15(2)19(16(3)4,17-11-7-5-8-12-17)18-13-9-6-10-14-18/h5-16H,1-4H3/q+1. The molecule has 1 nitrogen and oxygen atoms in total. The first kappa shape index (κ1) is 13.8. The van der Waals surface area contributed by atoms with E-state index in [-0.39, 0.29) is 0 Å². The molecule has 2 rings (SSSR count). The molecule has 19 heavy (non-hydrogen) atoms. The van der Waals surface area contributed by atoms with Gasteiger partial charge in [0.1, 0.15) is 11.4 Å². The molecule has 1 heteroatoms. The van der Waals surface area contributed by atoms with Gasteiger partial charge in [0.25, 0.3) is 0 Å². The number of benzene rings is 2. The molecule has 0 radical (unpaired) electrons. The molecule has 0 unspecified atom stereocenters. The third-order valence-electron chi connectivity index (χ3n) is 4.00. The SMILES string of the molecule is CC(C)[N+](c1ccccc1)(c1ccccc1)C(C)C. The number of para-hydroxylation sites is 2. The molecule has 0 N–H and O–H groups in total. The minimum absolute atomic E-state index is 0.491. The van der Waals surface area contributed by atoms with Crippen molar-refractivity contribution in [2.45, 2.75) is 39.8 Å². The highest BCUT2D eigenvalue weighted by Crippen LogP contribution is 2.39. The Kier molecular flexibility index (Phi) is 4.06. The zero-order valence-corrected chi connectivity index (χ0v) is 12.4. The first-order valence-corrected chi connectivity index (χ1v) is 7.09. The van der Waals surface area contributed by atoms with Gasteiger partial charge in [0.15, 0.2) is 0 Å². The van der Waals surface area contributed by atoms with Crippen molar-refractivity contribution in [1.82, 2.24) is 4.48 Å². The summed E-state index contributed by atoms with van der Waals surface area (Å²) < 4.78 is 0.891. The van der Waals surface area contributed by atoms with Gasteiger partial charge in [-0.1, -0.05) is 36.4 Å². The maximum Gasteiger partial charge on any atom is 0.138 e. The summed E-state index contributed by atoms with van der Waals surface area (Å²) in [6.45, 7) is 9.22. The van der Waals surface area contributed by atoms with E-state index < -0.39 is 0 Å². The molecule has 0 saturated carbocycles. The van der Waals surface area contributed by atoms with Crippen LogP contribution in [0.3, 0.4) is 0 Å². The van der Waals surface area contributed by atoms with Crippen LogP contribution in [0.15, 0.2) is 60.7 Å². The Labute approximate surface area is 117 Å². The van der Waals surface area contributed by atoms with E-state index in [2.05, 4.69) is 88.4 Å². The van der Waals surface area contributed by atoms with Crippen LogP contribution < -0.4 is 4.48 Å². The second kappa shape index (κ2) is 5.58. The van der Waals surface area contributed by atoms with Crippen molar-refractivity contribution in [3.8, 4) is 0 Å². The molecule has 0 heterocycles. The van der Waals surface area contributed by atoms with E-state index in [0.717, 1.165) is 4.48 Å². The maximum atomic E-state index is 2.31. The van der Waals surface area contributed by atoms with Crippen LogP contribution in [0.2, 0.25) is 0 Å². The number of hydrogen-bond donors (Lipinski definition) is 0. The fraction of sp³-hybridized carbons (Fsp3) is 0.333. The van der Waals surface area contributed by atoms with E-state index in [1.165, 1.54) is 11.4 Å². The van der Waals surface area contributed by atoms with Crippen LogP contribution >= 0.6 is 0 Å². The molecule has 0 bridgehead atoms. The fourth-order valence-corrected chi connectivity index (χ4v) is 3.29. The smallest absolute Gasteiger partial charge is 0.138 e. The van der Waals surface area contributed by atoms with Crippen LogP contribution in [0.5, 0.6) is 0 Å². The molecule has 0 aromatic heterocycles. The van der Waals surface area contributed by atoms with Crippen molar-refractivity contribution in [3.05, 3.63) is 60.7 Å². The molecule has 0 atom stereocenters. The lowest BCUT2D eigenvalue weighted by Gasteiger charge is -2.45. The van der Waals surface area contributed by atoms with Gasteiger partial charge in [-0.05, 0) is 52.0 Å². The van der Waals surface area contributed by atoms with Gasteiger partial charge < -0.3 is 0 Å². The van der Waals surface area contributed by atoms with E-state index in [4.69, 9.17) is 0 Å². The van der Waals surface area contributed by atoms with Crippen LogP contribution in [-0.2, 0) is 0 Å². The summed E-state index contributed by atoms with van der Waals surface area (Å²) in [5.74, 6) is 0. The minimum Gasteiger partial charge on any atom is -0.255 e. The molecular formula is C18H24N+. The van der Waals surface area contributed by atoms with Crippen LogP contribution in [0, 0.1) is 0 Å². The molecule has 0 fully saturated rings. The average molecular weight is 254 g/mol. The Balaban J connectivity index is 2.69. The van der Waals surface area contributed by atoms with Gasteiger partial charge in [-0.3, -0.25) is 4.48 Å². The molecule has 0 spiro atoms. The molecule has 100 valence electrons. The van der Waals surface area contributed by atoms with Gasteiger partial charge >= 0.3 is 0 Å². The third kappa shape index (κ3) is 2.31. The summed E-state index contributed by atoms with van der Waals surface area (Å²) in [6, 6.07) is 22.7. The van der Waals surface area contributed by atoms with Gasteiger partial charge in [-0.25, -0.2) is 0 Å². The van der Waals surface area contributed by atoms with Crippen LogP contribution in [0.1, 0.15) is 27.7 Å². The highest BCUT2D eigenvalue weighted by molar-refractivity contribution is 5.59. The quantitative estimate of drug-likeness (QED) is 0.662. The fourth-order valence-electron chi connectivity index (χ4n) is 3.29. The molecule has 0 aliphatic carbocycles. The highest BCUT2D eigenvalue weighted by Gasteiger charge is 2.39. The summed E-state index contributed by atoms with van der Waals surface area (Å²) in [4.78, 5) is 0. The topological polar surface area (TPSA) is 0 Å². The summed E-state index contributed by atoms with van der Waals surface area (Å²) in [5, 5.41) is 0. The molecule has 0 aliphatic rings. The largest absolute Gasteiger partial charge is 0.255 e. The molecule has 0 saturated heterocycles. The molecular weight excluding hydrogens is 230 g/mol. The lowest BCUT2D eigenvalue weighted by atomic mass is 10.0. The number of quaternary nitrogens is 1. The lowest BCUT2D eigenvalue weighted by molar-refractivity contribution is 0.265. The first-order chi connectivity index (χ1) is 9.10. The summed E-state index contributed by atoms with van der Waals surface area (Å²) in [6.07, 6.45) is 0. The maximum absolute atomic E-state index is 2.31. The number of rotatable bonds is 4. The summed E-state index contributed by atoms with van der Waals surface area (Å²) >= 11 is 0. The lowest BCUT2D eigenvalue weighted by Crippen LogP contribution is -2.55. The van der Waals surface area contributed by atoms with Crippen molar-refractivity contribution in [2.24, 2.45) is 0 Å². The van der Waals surface area contributed by atoms with Crippen molar-refractivity contribution in [1.29, 1.82) is 0 Å². The Morgan fingerprint density at radius 2 is 0.895 bits per heavy atom. The number of hydrogen-bond acceptors (Lipinski definition) is 0. The Bertz CT molecular complexity index is 450. The zero-order valence-electron chi connectivity index (χ0n) is 12.4. The van der Waals surface area contributed by atoms with Gasteiger partial charge in [0.2, 0.25) is 0 Å². The van der Waals surface area contributed by atoms with E-state index >= 15 is 0 Å². The summed E-state index contributed by atoms with van der Waals surface area (Å²) in [7, 11) is 0. The Morgan fingerprint density at radius 3 is 1.16 bits per heavy atom. The van der Waals surface area contributed by atoms with Crippen molar-refractivity contribution in [2.75, 3.05) is 0 Å². The molecule has 0 amide bonds. The van der Waals surface area contributed by atoms with E-state index in [1.807, 2.05) is 0 Å².